The summed E-state index contributed by atoms with van der Waals surface area (Å²) in [6.45, 7) is 0.221. The molecule has 2 amide bonds. The van der Waals surface area contributed by atoms with E-state index in [1.54, 1.807) is 24.5 Å². The molecule has 1 aromatic rings. The van der Waals surface area contributed by atoms with Crippen LogP contribution in [0.2, 0.25) is 0 Å². The van der Waals surface area contributed by atoms with Gasteiger partial charge in [-0.1, -0.05) is 32.1 Å². The van der Waals surface area contributed by atoms with Crippen LogP contribution >= 0.6 is 0 Å². The van der Waals surface area contributed by atoms with Gasteiger partial charge in [0.25, 0.3) is 0 Å². The lowest BCUT2D eigenvalue weighted by Gasteiger charge is -2.28. The summed E-state index contributed by atoms with van der Waals surface area (Å²) >= 11 is 0. The summed E-state index contributed by atoms with van der Waals surface area (Å²) in [6, 6.07) is 5.58. The van der Waals surface area contributed by atoms with Gasteiger partial charge in [0, 0.05) is 18.9 Å². The second kappa shape index (κ2) is 9.02. The number of nitrogens with two attached hydrogens (primary N) is 1. The molecule has 1 aromatic heterocycles. The van der Waals surface area contributed by atoms with Gasteiger partial charge in [-0.25, -0.2) is 0 Å². The van der Waals surface area contributed by atoms with Gasteiger partial charge in [-0.15, -0.1) is 0 Å². The molecular formula is C18H24N4O2. The molecule has 2 rings (SSSR count). The average Bonchev–Trinajstić information content (AvgIpc) is 2.60. The van der Waals surface area contributed by atoms with E-state index >= 15 is 0 Å². The Bertz CT molecular complexity index is 591. The highest BCUT2D eigenvalue weighted by Gasteiger charge is 2.32. The average molecular weight is 328 g/mol. The molecule has 2 N–H and O–H groups in total. The van der Waals surface area contributed by atoms with Gasteiger partial charge in [0.2, 0.25) is 11.8 Å². The summed E-state index contributed by atoms with van der Waals surface area (Å²) in [5, 5.41) is 9.03. The largest absolute Gasteiger partial charge is 0.369 e. The van der Waals surface area contributed by atoms with Gasteiger partial charge in [0.05, 0.1) is 6.07 Å². The van der Waals surface area contributed by atoms with Crippen LogP contribution in [0, 0.1) is 23.2 Å². The summed E-state index contributed by atoms with van der Waals surface area (Å²) in [6.07, 6.45) is 9.35. The SMILES string of the molecule is N#CCN(Cc1ccncc1)C(=O)C(CC1CCCCC1)C(N)=O. The predicted molar refractivity (Wildman–Crippen MR) is 89.1 cm³/mol. The van der Waals surface area contributed by atoms with Crippen molar-refractivity contribution in [2.75, 3.05) is 6.54 Å². The predicted octanol–water partition coefficient (Wildman–Crippen LogP) is 2.01. The Morgan fingerprint density at radius 2 is 1.96 bits per heavy atom. The highest BCUT2D eigenvalue weighted by molar-refractivity contribution is 5.99. The number of aromatic nitrogens is 1. The quantitative estimate of drug-likeness (QED) is 0.611. The van der Waals surface area contributed by atoms with Crippen LogP contribution in [0.5, 0.6) is 0 Å². The fourth-order valence-corrected chi connectivity index (χ4v) is 3.32. The van der Waals surface area contributed by atoms with Crippen LogP contribution in [0.15, 0.2) is 24.5 Å². The molecule has 128 valence electrons. The van der Waals surface area contributed by atoms with Crippen LogP contribution in [0.25, 0.3) is 0 Å². The second-order valence-electron chi connectivity index (χ2n) is 6.40. The highest BCUT2D eigenvalue weighted by Crippen LogP contribution is 2.30. The van der Waals surface area contributed by atoms with Gasteiger partial charge in [-0.2, -0.15) is 5.26 Å². The van der Waals surface area contributed by atoms with Crippen molar-refractivity contribution in [1.82, 2.24) is 9.88 Å². The minimum atomic E-state index is -0.844. The number of pyridine rings is 1. The Hall–Kier alpha value is -2.42. The molecule has 1 atom stereocenters. The summed E-state index contributed by atoms with van der Waals surface area (Å²) in [5.74, 6) is -1.41. The van der Waals surface area contributed by atoms with Gasteiger partial charge < -0.3 is 10.6 Å². The van der Waals surface area contributed by atoms with Crippen molar-refractivity contribution in [2.24, 2.45) is 17.6 Å². The Kier molecular flexibility index (Phi) is 6.74. The highest BCUT2D eigenvalue weighted by atomic mass is 16.2. The first-order chi connectivity index (χ1) is 11.6. The molecule has 1 aliphatic rings. The molecule has 0 radical (unpaired) electrons. The molecule has 1 unspecified atom stereocenters. The molecule has 1 fully saturated rings. The molecular weight excluding hydrogens is 304 g/mol. The van der Waals surface area contributed by atoms with Crippen LogP contribution in [0.4, 0.5) is 0 Å². The Morgan fingerprint density at radius 1 is 1.29 bits per heavy atom. The van der Waals surface area contributed by atoms with E-state index in [-0.39, 0.29) is 19.0 Å². The Balaban J connectivity index is 2.08. The van der Waals surface area contributed by atoms with E-state index in [9.17, 15) is 9.59 Å². The third-order valence-electron chi connectivity index (χ3n) is 4.63. The lowest BCUT2D eigenvalue weighted by molar-refractivity contribution is -0.142. The van der Waals surface area contributed by atoms with Crippen LogP contribution < -0.4 is 5.73 Å². The number of amides is 2. The summed E-state index contributed by atoms with van der Waals surface area (Å²) in [5.41, 5.74) is 6.37. The van der Waals surface area contributed by atoms with Gasteiger partial charge in [0.15, 0.2) is 0 Å². The van der Waals surface area contributed by atoms with Gasteiger partial charge in [0.1, 0.15) is 12.5 Å². The maximum absolute atomic E-state index is 12.8. The smallest absolute Gasteiger partial charge is 0.236 e. The third kappa shape index (κ3) is 5.05. The maximum atomic E-state index is 12.8. The van der Waals surface area contributed by atoms with E-state index in [2.05, 4.69) is 4.98 Å². The summed E-state index contributed by atoms with van der Waals surface area (Å²) < 4.78 is 0. The molecule has 0 aliphatic heterocycles. The van der Waals surface area contributed by atoms with E-state index in [0.717, 1.165) is 31.2 Å². The monoisotopic (exact) mass is 328 g/mol. The second-order valence-corrected chi connectivity index (χ2v) is 6.40. The van der Waals surface area contributed by atoms with Gasteiger partial charge in [-0.3, -0.25) is 14.6 Å². The zero-order chi connectivity index (χ0) is 17.4. The minimum absolute atomic E-state index is 0.0599. The molecule has 1 saturated carbocycles. The third-order valence-corrected chi connectivity index (χ3v) is 4.63. The molecule has 0 saturated heterocycles. The summed E-state index contributed by atoms with van der Waals surface area (Å²) in [4.78, 5) is 30.0. The van der Waals surface area contributed by atoms with Crippen LogP contribution in [-0.2, 0) is 16.1 Å². The van der Waals surface area contributed by atoms with Crippen molar-refractivity contribution >= 4 is 11.8 Å². The molecule has 24 heavy (non-hydrogen) atoms. The number of hydrogen-bond acceptors (Lipinski definition) is 4. The lowest BCUT2D eigenvalue weighted by Crippen LogP contribution is -2.42. The van der Waals surface area contributed by atoms with Crippen molar-refractivity contribution in [2.45, 2.75) is 45.1 Å². The number of primary amides is 1. The number of carbonyl (C=O) groups is 2. The summed E-state index contributed by atoms with van der Waals surface area (Å²) in [7, 11) is 0. The van der Waals surface area contributed by atoms with E-state index in [1.807, 2.05) is 6.07 Å². The molecule has 6 heteroatoms. The maximum Gasteiger partial charge on any atom is 0.236 e. The van der Waals surface area contributed by atoms with Crippen LogP contribution in [0.3, 0.4) is 0 Å². The van der Waals surface area contributed by atoms with Crippen molar-refractivity contribution in [3.8, 4) is 6.07 Å². The van der Waals surface area contributed by atoms with Gasteiger partial charge in [-0.05, 0) is 30.0 Å². The van der Waals surface area contributed by atoms with Crippen molar-refractivity contribution in [3.63, 3.8) is 0 Å². The standard InChI is InChI=1S/C18H24N4O2/c19-8-11-22(13-15-6-9-21-10-7-15)18(24)16(17(20)23)12-14-4-2-1-3-5-14/h6-7,9-10,14,16H,1-5,11-13H2,(H2,20,23). The molecule has 0 aromatic carbocycles. The lowest BCUT2D eigenvalue weighted by atomic mass is 9.82. The normalized spacial score (nSPS) is 16.1. The molecule has 1 aliphatic carbocycles. The first-order valence-electron chi connectivity index (χ1n) is 8.45. The zero-order valence-electron chi connectivity index (χ0n) is 13.9. The minimum Gasteiger partial charge on any atom is -0.369 e. The van der Waals surface area contributed by atoms with Crippen molar-refractivity contribution in [3.05, 3.63) is 30.1 Å². The molecule has 0 bridgehead atoms. The van der Waals surface area contributed by atoms with E-state index in [1.165, 1.54) is 11.3 Å². The number of rotatable bonds is 7. The first kappa shape index (κ1) is 17.9. The first-order valence-corrected chi connectivity index (χ1v) is 8.45. The van der Waals surface area contributed by atoms with Crippen molar-refractivity contribution < 1.29 is 9.59 Å². The number of nitrogens with zero attached hydrogens (tertiary/aromatic N) is 3. The Morgan fingerprint density at radius 3 is 2.54 bits per heavy atom. The molecule has 0 spiro atoms. The van der Waals surface area contributed by atoms with E-state index < -0.39 is 11.8 Å². The van der Waals surface area contributed by atoms with Crippen LogP contribution in [-0.4, -0.2) is 28.2 Å². The van der Waals surface area contributed by atoms with E-state index in [4.69, 9.17) is 11.0 Å². The van der Waals surface area contributed by atoms with Gasteiger partial charge >= 0.3 is 0 Å². The fraction of sp³-hybridized carbons (Fsp3) is 0.556. The molecule has 1 heterocycles. The Labute approximate surface area is 142 Å². The fourth-order valence-electron chi connectivity index (χ4n) is 3.32. The number of hydrogen-bond donors (Lipinski definition) is 1. The van der Waals surface area contributed by atoms with Crippen molar-refractivity contribution in [1.29, 1.82) is 5.26 Å². The zero-order valence-corrected chi connectivity index (χ0v) is 13.9. The number of carbonyl (C=O) groups excluding carboxylic acids is 2. The number of nitriles is 1. The van der Waals surface area contributed by atoms with E-state index in [0.29, 0.717) is 12.3 Å². The molecule has 6 nitrogen and oxygen atoms in total. The topological polar surface area (TPSA) is 100 Å². The van der Waals surface area contributed by atoms with Crippen LogP contribution in [0.1, 0.15) is 44.1 Å².